The molecule has 1 aliphatic carbocycles. The maximum absolute atomic E-state index is 13.1. The molecule has 2 N–H and O–H groups in total. The number of nitrogens with zero attached hydrogens (tertiary/aromatic N) is 1. The van der Waals surface area contributed by atoms with E-state index in [-0.39, 0.29) is 22.5 Å². The molecular formula is C18H16FN3O2S2. The molecule has 0 aliphatic heterocycles. The van der Waals surface area contributed by atoms with E-state index in [1.165, 1.54) is 35.2 Å². The van der Waals surface area contributed by atoms with Gasteiger partial charge in [0.05, 0.1) is 10.6 Å². The number of benzene rings is 1. The van der Waals surface area contributed by atoms with Crippen molar-refractivity contribution in [1.82, 2.24) is 15.3 Å². The van der Waals surface area contributed by atoms with Crippen molar-refractivity contribution >= 4 is 39.2 Å². The molecule has 0 bridgehead atoms. The van der Waals surface area contributed by atoms with Gasteiger partial charge in [0.2, 0.25) is 5.91 Å². The van der Waals surface area contributed by atoms with Gasteiger partial charge < -0.3 is 10.3 Å². The minimum atomic E-state index is -0.340. The van der Waals surface area contributed by atoms with Crippen molar-refractivity contribution < 1.29 is 9.18 Å². The van der Waals surface area contributed by atoms with Crippen LogP contribution >= 0.6 is 23.1 Å². The third kappa shape index (κ3) is 3.52. The number of halogens is 1. The molecule has 0 unspecified atom stereocenters. The Hall–Kier alpha value is -2.19. The topological polar surface area (TPSA) is 74.8 Å². The molecule has 134 valence electrons. The highest BCUT2D eigenvalue weighted by atomic mass is 32.2. The van der Waals surface area contributed by atoms with Crippen LogP contribution in [0.25, 0.3) is 21.3 Å². The summed E-state index contributed by atoms with van der Waals surface area (Å²) in [4.78, 5) is 32.5. The van der Waals surface area contributed by atoms with Gasteiger partial charge in [-0.3, -0.25) is 9.59 Å². The van der Waals surface area contributed by atoms with E-state index in [0.29, 0.717) is 21.4 Å². The first-order chi connectivity index (χ1) is 12.5. The number of nitrogens with one attached hydrogen (secondary N) is 2. The number of thioether (sulfide) groups is 1. The monoisotopic (exact) mass is 389 g/mol. The first-order valence-electron chi connectivity index (χ1n) is 8.26. The summed E-state index contributed by atoms with van der Waals surface area (Å²) in [6.45, 7) is 1.80. The highest BCUT2D eigenvalue weighted by Gasteiger charge is 2.26. The van der Waals surface area contributed by atoms with Gasteiger partial charge in [-0.05, 0) is 37.5 Å². The number of aromatic nitrogens is 2. The lowest BCUT2D eigenvalue weighted by atomic mass is 10.1. The van der Waals surface area contributed by atoms with E-state index in [4.69, 9.17) is 0 Å². The summed E-state index contributed by atoms with van der Waals surface area (Å²) in [5.41, 5.74) is 1.24. The van der Waals surface area contributed by atoms with E-state index >= 15 is 0 Å². The normalized spacial score (nSPS) is 15.2. The van der Waals surface area contributed by atoms with E-state index in [1.54, 1.807) is 19.1 Å². The predicted octanol–water partition coefficient (Wildman–Crippen LogP) is 3.55. The number of hydrogen-bond donors (Lipinski definition) is 2. The van der Waals surface area contributed by atoms with Crippen LogP contribution < -0.4 is 10.9 Å². The van der Waals surface area contributed by atoms with E-state index < -0.39 is 0 Å². The Morgan fingerprint density at radius 2 is 2.12 bits per heavy atom. The second-order valence-electron chi connectivity index (χ2n) is 6.25. The smallest absolute Gasteiger partial charge is 0.260 e. The number of H-pyrrole nitrogens is 1. The fourth-order valence-corrected chi connectivity index (χ4v) is 4.41. The van der Waals surface area contributed by atoms with Gasteiger partial charge in [-0.2, -0.15) is 0 Å². The van der Waals surface area contributed by atoms with E-state index in [1.807, 2.05) is 5.38 Å². The summed E-state index contributed by atoms with van der Waals surface area (Å²) >= 11 is 2.59. The van der Waals surface area contributed by atoms with Gasteiger partial charge in [-0.15, -0.1) is 11.3 Å². The summed E-state index contributed by atoms with van der Waals surface area (Å²) in [5.74, 6) is -0.365. The largest absolute Gasteiger partial charge is 0.352 e. The molecular weight excluding hydrogens is 373 g/mol. The fourth-order valence-electron chi connectivity index (χ4n) is 2.59. The van der Waals surface area contributed by atoms with Crippen molar-refractivity contribution in [3.05, 3.63) is 45.8 Å². The Kier molecular flexibility index (Phi) is 4.54. The molecule has 1 fully saturated rings. The Labute approximate surface area is 157 Å². The molecule has 4 rings (SSSR count). The van der Waals surface area contributed by atoms with Crippen LogP contribution in [0.4, 0.5) is 4.39 Å². The molecule has 1 atom stereocenters. The molecule has 5 nitrogen and oxygen atoms in total. The summed E-state index contributed by atoms with van der Waals surface area (Å²) in [6.07, 6.45) is 2.07. The SMILES string of the molecule is C[C@H](Sc1nc2scc(-c3ccc(F)cc3)c2c(=O)[nH]1)C(=O)NC1CC1. The highest BCUT2D eigenvalue weighted by Crippen LogP contribution is 2.32. The van der Waals surface area contributed by atoms with Crippen LogP contribution in [-0.4, -0.2) is 27.2 Å². The molecule has 0 radical (unpaired) electrons. The summed E-state index contributed by atoms with van der Waals surface area (Å²) in [7, 11) is 0. The lowest BCUT2D eigenvalue weighted by Gasteiger charge is -2.10. The third-order valence-electron chi connectivity index (χ3n) is 4.16. The molecule has 3 aromatic rings. The number of carbonyl (C=O) groups excluding carboxylic acids is 1. The summed E-state index contributed by atoms with van der Waals surface area (Å²) < 4.78 is 13.1. The van der Waals surface area contributed by atoms with Crippen LogP contribution in [0.15, 0.2) is 39.6 Å². The average molecular weight is 389 g/mol. The predicted molar refractivity (Wildman–Crippen MR) is 102 cm³/mol. The van der Waals surface area contributed by atoms with Crippen LogP contribution in [0, 0.1) is 5.82 Å². The number of amides is 1. The Bertz CT molecular complexity index is 1030. The number of fused-ring (bicyclic) bond motifs is 1. The lowest BCUT2D eigenvalue weighted by Crippen LogP contribution is -2.32. The zero-order valence-electron chi connectivity index (χ0n) is 13.9. The highest BCUT2D eigenvalue weighted by molar-refractivity contribution is 8.00. The standard InChI is InChI=1S/C18H16FN3O2S2/c1-9(15(23)20-12-6-7-12)26-18-21-16(24)14-13(8-25-17(14)22-18)10-2-4-11(19)5-3-10/h2-5,8-9,12H,6-7H2,1H3,(H,20,23)(H,21,22,24)/t9-/m0/s1. The lowest BCUT2D eigenvalue weighted by molar-refractivity contribution is -0.120. The zero-order chi connectivity index (χ0) is 18.3. The molecule has 2 heterocycles. The van der Waals surface area contributed by atoms with Gasteiger partial charge in [0.25, 0.3) is 5.56 Å². The summed E-state index contributed by atoms with van der Waals surface area (Å²) in [5, 5.41) is 5.36. The second-order valence-corrected chi connectivity index (χ2v) is 8.44. The molecule has 1 saturated carbocycles. The Balaban J connectivity index is 1.62. The molecule has 1 aliphatic rings. The zero-order valence-corrected chi connectivity index (χ0v) is 15.5. The molecule has 8 heteroatoms. The van der Waals surface area contributed by atoms with Crippen molar-refractivity contribution in [3.63, 3.8) is 0 Å². The van der Waals surface area contributed by atoms with E-state index in [9.17, 15) is 14.0 Å². The molecule has 0 spiro atoms. The van der Waals surface area contributed by atoms with Crippen LogP contribution in [0.1, 0.15) is 19.8 Å². The number of hydrogen-bond acceptors (Lipinski definition) is 5. The minimum Gasteiger partial charge on any atom is -0.352 e. The number of thiophene rings is 1. The molecule has 1 aromatic carbocycles. The van der Waals surface area contributed by atoms with Gasteiger partial charge in [-0.1, -0.05) is 23.9 Å². The van der Waals surface area contributed by atoms with Gasteiger partial charge in [0.1, 0.15) is 10.6 Å². The van der Waals surface area contributed by atoms with Gasteiger partial charge in [0.15, 0.2) is 5.16 Å². The van der Waals surface area contributed by atoms with E-state index in [2.05, 4.69) is 15.3 Å². The van der Waals surface area contributed by atoms with Gasteiger partial charge in [0, 0.05) is 17.0 Å². The first-order valence-corrected chi connectivity index (χ1v) is 10.0. The molecule has 2 aromatic heterocycles. The first kappa shape index (κ1) is 17.2. The maximum Gasteiger partial charge on any atom is 0.260 e. The Morgan fingerprint density at radius 3 is 2.81 bits per heavy atom. The Morgan fingerprint density at radius 1 is 1.38 bits per heavy atom. The molecule has 1 amide bonds. The minimum absolute atomic E-state index is 0.0431. The van der Waals surface area contributed by atoms with Crippen molar-refractivity contribution in [2.45, 2.75) is 36.2 Å². The van der Waals surface area contributed by atoms with Crippen molar-refractivity contribution in [2.75, 3.05) is 0 Å². The maximum atomic E-state index is 13.1. The van der Waals surface area contributed by atoms with Crippen molar-refractivity contribution in [1.29, 1.82) is 0 Å². The molecule has 26 heavy (non-hydrogen) atoms. The third-order valence-corrected chi connectivity index (χ3v) is 6.02. The van der Waals surface area contributed by atoms with Crippen molar-refractivity contribution in [2.24, 2.45) is 0 Å². The van der Waals surface area contributed by atoms with Gasteiger partial charge >= 0.3 is 0 Å². The number of aromatic amines is 1. The van der Waals surface area contributed by atoms with Crippen LogP contribution in [0.5, 0.6) is 0 Å². The van der Waals surface area contributed by atoms with Crippen LogP contribution in [0.2, 0.25) is 0 Å². The number of rotatable bonds is 5. The quantitative estimate of drug-likeness (QED) is 0.517. The van der Waals surface area contributed by atoms with Crippen LogP contribution in [0.3, 0.4) is 0 Å². The van der Waals surface area contributed by atoms with E-state index in [0.717, 1.165) is 24.0 Å². The van der Waals surface area contributed by atoms with Gasteiger partial charge in [-0.25, -0.2) is 9.37 Å². The average Bonchev–Trinajstić information content (AvgIpc) is 3.31. The van der Waals surface area contributed by atoms with Crippen molar-refractivity contribution in [3.8, 4) is 11.1 Å². The molecule has 0 saturated heterocycles. The fraction of sp³-hybridized carbons (Fsp3) is 0.278. The van der Waals surface area contributed by atoms with Crippen LogP contribution in [-0.2, 0) is 4.79 Å². The number of carbonyl (C=O) groups is 1. The second kappa shape index (κ2) is 6.85. The summed E-state index contributed by atoms with van der Waals surface area (Å²) in [6, 6.07) is 6.32.